The van der Waals surface area contributed by atoms with Gasteiger partial charge < -0.3 is 10.5 Å². The highest BCUT2D eigenvalue weighted by Crippen LogP contribution is 2.07. The third kappa shape index (κ3) is 1.52. The van der Waals surface area contributed by atoms with Gasteiger partial charge in [-0.25, -0.2) is 0 Å². The number of nitrogens with two attached hydrogens (primary N) is 1. The van der Waals surface area contributed by atoms with Gasteiger partial charge in [-0.1, -0.05) is 0 Å². The minimum atomic E-state index is -0.331. The maximum atomic E-state index is 5.54. The van der Waals surface area contributed by atoms with Crippen LogP contribution in [0.4, 0.5) is 0 Å². The van der Waals surface area contributed by atoms with Gasteiger partial charge in [0.2, 0.25) is 0 Å². The van der Waals surface area contributed by atoms with E-state index in [9.17, 15) is 0 Å². The van der Waals surface area contributed by atoms with Crippen LogP contribution in [-0.4, -0.2) is 12.1 Å². The van der Waals surface area contributed by atoms with Crippen LogP contribution in [0.1, 0.15) is 11.8 Å². The van der Waals surface area contributed by atoms with E-state index in [1.807, 2.05) is 12.1 Å². The summed E-state index contributed by atoms with van der Waals surface area (Å²) in [4.78, 5) is 3.85. The highest BCUT2D eigenvalue weighted by Gasteiger charge is 2.00. The first-order valence-electron chi connectivity index (χ1n) is 3.03. The maximum Gasteiger partial charge on any atom is 0.131 e. The fraction of sp³-hybridized carbons (Fsp3) is 0.286. The van der Waals surface area contributed by atoms with E-state index in [2.05, 4.69) is 4.98 Å². The summed E-state index contributed by atoms with van der Waals surface area (Å²) in [6, 6.07) is 3.66. The van der Waals surface area contributed by atoms with E-state index < -0.39 is 0 Å². The van der Waals surface area contributed by atoms with Crippen LogP contribution < -0.4 is 5.73 Å². The SMILES string of the molecule is COC(N)c1ccncc1. The molecule has 0 bridgehead atoms. The lowest BCUT2D eigenvalue weighted by molar-refractivity contribution is 0.109. The van der Waals surface area contributed by atoms with E-state index in [-0.39, 0.29) is 6.23 Å². The molecule has 0 fully saturated rings. The summed E-state index contributed by atoms with van der Waals surface area (Å²) < 4.78 is 4.89. The first-order valence-corrected chi connectivity index (χ1v) is 3.03. The molecule has 1 unspecified atom stereocenters. The zero-order valence-corrected chi connectivity index (χ0v) is 5.82. The van der Waals surface area contributed by atoms with E-state index in [0.717, 1.165) is 5.56 Å². The predicted molar refractivity (Wildman–Crippen MR) is 38.2 cm³/mol. The number of ether oxygens (including phenoxy) is 1. The molecule has 54 valence electrons. The molecule has 1 rings (SSSR count). The molecule has 0 aromatic carbocycles. The Bertz CT molecular complexity index is 188. The monoisotopic (exact) mass is 138 g/mol. The van der Waals surface area contributed by atoms with Gasteiger partial charge in [-0.3, -0.25) is 4.98 Å². The van der Waals surface area contributed by atoms with Gasteiger partial charge in [-0.15, -0.1) is 0 Å². The number of pyridine rings is 1. The van der Waals surface area contributed by atoms with Crippen molar-refractivity contribution in [3.8, 4) is 0 Å². The lowest BCUT2D eigenvalue weighted by Gasteiger charge is -2.07. The largest absolute Gasteiger partial charge is 0.363 e. The Morgan fingerprint density at radius 1 is 1.50 bits per heavy atom. The van der Waals surface area contributed by atoms with E-state index in [0.29, 0.717) is 0 Å². The van der Waals surface area contributed by atoms with Crippen LogP contribution in [0, 0.1) is 0 Å². The molecule has 0 saturated heterocycles. The minimum absolute atomic E-state index is 0.331. The van der Waals surface area contributed by atoms with Crippen LogP contribution in [-0.2, 0) is 4.74 Å². The molecule has 1 aromatic heterocycles. The van der Waals surface area contributed by atoms with Crippen molar-refractivity contribution in [2.24, 2.45) is 5.73 Å². The summed E-state index contributed by atoms with van der Waals surface area (Å²) in [5.74, 6) is 0. The molecular formula is C7H10N2O. The van der Waals surface area contributed by atoms with Crippen molar-refractivity contribution >= 4 is 0 Å². The average molecular weight is 138 g/mol. The Balaban J connectivity index is 2.75. The molecule has 0 radical (unpaired) electrons. The Morgan fingerprint density at radius 2 is 2.10 bits per heavy atom. The molecule has 2 N–H and O–H groups in total. The topological polar surface area (TPSA) is 48.1 Å². The predicted octanol–water partition coefficient (Wildman–Crippen LogP) is 0.685. The van der Waals surface area contributed by atoms with Crippen molar-refractivity contribution in [1.29, 1.82) is 0 Å². The number of aromatic nitrogens is 1. The number of hydrogen-bond donors (Lipinski definition) is 1. The average Bonchev–Trinajstić information content (AvgIpc) is 2.05. The van der Waals surface area contributed by atoms with Gasteiger partial charge >= 0.3 is 0 Å². The van der Waals surface area contributed by atoms with Crippen LogP contribution in [0.15, 0.2) is 24.5 Å². The molecule has 0 spiro atoms. The molecule has 1 heterocycles. The third-order valence-electron chi connectivity index (χ3n) is 1.29. The molecule has 1 aromatic rings. The molecular weight excluding hydrogens is 128 g/mol. The summed E-state index contributed by atoms with van der Waals surface area (Å²) >= 11 is 0. The van der Waals surface area contributed by atoms with Gasteiger partial charge in [0.25, 0.3) is 0 Å². The van der Waals surface area contributed by atoms with Gasteiger partial charge in [0.1, 0.15) is 6.23 Å². The Hall–Kier alpha value is -0.930. The molecule has 0 aliphatic rings. The minimum Gasteiger partial charge on any atom is -0.363 e. The quantitative estimate of drug-likeness (QED) is 0.611. The van der Waals surface area contributed by atoms with E-state index in [1.165, 1.54) is 0 Å². The number of nitrogens with zero attached hydrogens (tertiary/aromatic N) is 1. The fourth-order valence-corrected chi connectivity index (χ4v) is 0.689. The van der Waals surface area contributed by atoms with Crippen molar-refractivity contribution in [2.45, 2.75) is 6.23 Å². The van der Waals surface area contributed by atoms with Crippen molar-refractivity contribution in [3.63, 3.8) is 0 Å². The van der Waals surface area contributed by atoms with Crippen molar-refractivity contribution in [3.05, 3.63) is 30.1 Å². The number of hydrogen-bond acceptors (Lipinski definition) is 3. The van der Waals surface area contributed by atoms with Gasteiger partial charge in [0, 0.05) is 19.5 Å². The number of methoxy groups -OCH3 is 1. The molecule has 0 saturated carbocycles. The summed E-state index contributed by atoms with van der Waals surface area (Å²) in [6.45, 7) is 0. The zero-order valence-electron chi connectivity index (χ0n) is 5.82. The lowest BCUT2D eigenvalue weighted by atomic mass is 10.2. The molecule has 10 heavy (non-hydrogen) atoms. The van der Waals surface area contributed by atoms with Crippen LogP contribution >= 0.6 is 0 Å². The molecule has 0 aliphatic heterocycles. The van der Waals surface area contributed by atoms with Crippen LogP contribution in [0.3, 0.4) is 0 Å². The van der Waals surface area contributed by atoms with Crippen molar-refractivity contribution in [2.75, 3.05) is 7.11 Å². The van der Waals surface area contributed by atoms with E-state index >= 15 is 0 Å². The second-order valence-electron chi connectivity index (χ2n) is 1.94. The molecule has 1 atom stereocenters. The zero-order chi connectivity index (χ0) is 7.40. The maximum absolute atomic E-state index is 5.54. The van der Waals surface area contributed by atoms with Gasteiger partial charge in [-0.2, -0.15) is 0 Å². The van der Waals surface area contributed by atoms with Crippen LogP contribution in [0.25, 0.3) is 0 Å². The first kappa shape index (κ1) is 7.18. The molecule has 0 aliphatic carbocycles. The highest BCUT2D eigenvalue weighted by atomic mass is 16.5. The second-order valence-corrected chi connectivity index (χ2v) is 1.94. The molecule has 3 heteroatoms. The third-order valence-corrected chi connectivity index (χ3v) is 1.29. The highest BCUT2D eigenvalue weighted by molar-refractivity contribution is 5.11. The first-order chi connectivity index (χ1) is 4.84. The van der Waals surface area contributed by atoms with Crippen molar-refractivity contribution < 1.29 is 4.74 Å². The van der Waals surface area contributed by atoms with Crippen LogP contribution in [0.5, 0.6) is 0 Å². The Labute approximate surface area is 59.8 Å². The van der Waals surface area contributed by atoms with Crippen LogP contribution in [0.2, 0.25) is 0 Å². The summed E-state index contributed by atoms with van der Waals surface area (Å²) in [5.41, 5.74) is 6.49. The van der Waals surface area contributed by atoms with Gasteiger partial charge in [0.05, 0.1) is 0 Å². The molecule has 0 amide bonds. The standard InChI is InChI=1S/C7H10N2O/c1-10-7(8)6-2-4-9-5-3-6/h2-5,7H,8H2,1H3. The summed E-state index contributed by atoms with van der Waals surface area (Å²) in [5, 5.41) is 0. The Kier molecular flexibility index (Phi) is 2.36. The van der Waals surface area contributed by atoms with Gasteiger partial charge in [0.15, 0.2) is 0 Å². The fourth-order valence-electron chi connectivity index (χ4n) is 0.689. The molecule has 3 nitrogen and oxygen atoms in total. The van der Waals surface area contributed by atoms with Gasteiger partial charge in [-0.05, 0) is 17.7 Å². The summed E-state index contributed by atoms with van der Waals surface area (Å²) in [6.07, 6.45) is 3.05. The lowest BCUT2D eigenvalue weighted by Crippen LogP contribution is -2.11. The smallest absolute Gasteiger partial charge is 0.131 e. The van der Waals surface area contributed by atoms with E-state index in [1.54, 1.807) is 19.5 Å². The van der Waals surface area contributed by atoms with Crippen molar-refractivity contribution in [1.82, 2.24) is 4.98 Å². The Morgan fingerprint density at radius 3 is 2.60 bits per heavy atom. The summed E-state index contributed by atoms with van der Waals surface area (Å²) in [7, 11) is 1.57. The van der Waals surface area contributed by atoms with E-state index in [4.69, 9.17) is 10.5 Å². The number of rotatable bonds is 2. The normalized spacial score (nSPS) is 13.0. The second kappa shape index (κ2) is 3.29.